The van der Waals surface area contributed by atoms with Crippen LogP contribution in [0.3, 0.4) is 0 Å². The fourth-order valence-electron chi connectivity index (χ4n) is 4.10. The van der Waals surface area contributed by atoms with Gasteiger partial charge in [0.15, 0.2) is 0 Å². The lowest BCUT2D eigenvalue weighted by Crippen LogP contribution is -2.33. The molecular formula is C24H30N4OS. The lowest BCUT2D eigenvalue weighted by Gasteiger charge is -2.26. The highest BCUT2D eigenvalue weighted by molar-refractivity contribution is 7.15. The Kier molecular flexibility index (Phi) is 5.97. The second kappa shape index (κ2) is 8.66. The third kappa shape index (κ3) is 4.16. The molecule has 158 valence electrons. The highest BCUT2D eigenvalue weighted by atomic mass is 32.1. The van der Waals surface area contributed by atoms with Gasteiger partial charge in [-0.05, 0) is 74.7 Å². The minimum Gasteiger partial charge on any atom is -0.331 e. The van der Waals surface area contributed by atoms with Crippen molar-refractivity contribution < 1.29 is 4.79 Å². The van der Waals surface area contributed by atoms with Crippen molar-refractivity contribution in [2.75, 3.05) is 18.4 Å². The van der Waals surface area contributed by atoms with Gasteiger partial charge in [0, 0.05) is 41.6 Å². The van der Waals surface area contributed by atoms with Crippen LogP contribution in [0.25, 0.3) is 5.00 Å². The maximum Gasteiger partial charge on any atom is 0.319 e. The zero-order valence-corrected chi connectivity index (χ0v) is 19.0. The maximum absolute atomic E-state index is 12.7. The van der Waals surface area contributed by atoms with Crippen LogP contribution in [0.1, 0.15) is 47.0 Å². The van der Waals surface area contributed by atoms with Crippen molar-refractivity contribution in [3.05, 3.63) is 69.9 Å². The summed E-state index contributed by atoms with van der Waals surface area (Å²) in [6, 6.07) is 9.84. The van der Waals surface area contributed by atoms with Crippen LogP contribution in [0.15, 0.2) is 42.7 Å². The largest absolute Gasteiger partial charge is 0.331 e. The first-order valence-corrected chi connectivity index (χ1v) is 11.4. The zero-order valence-electron chi connectivity index (χ0n) is 18.2. The van der Waals surface area contributed by atoms with E-state index in [2.05, 4.69) is 60.2 Å². The molecule has 4 rings (SSSR count). The molecule has 1 atom stereocenters. The molecule has 1 unspecified atom stereocenters. The Morgan fingerprint density at radius 1 is 1.20 bits per heavy atom. The van der Waals surface area contributed by atoms with Gasteiger partial charge < -0.3 is 15.2 Å². The normalized spacial score (nSPS) is 14.9. The van der Waals surface area contributed by atoms with E-state index >= 15 is 0 Å². The van der Waals surface area contributed by atoms with Crippen LogP contribution in [0.4, 0.5) is 10.5 Å². The molecule has 0 radical (unpaired) electrons. The van der Waals surface area contributed by atoms with E-state index < -0.39 is 0 Å². The van der Waals surface area contributed by atoms with Gasteiger partial charge >= 0.3 is 6.03 Å². The SMILES string of the molecule is CCN1CCc2c(sc(-n3cccc3)c2C(C)NC(=O)Nc2ccc(C)c(C)c2)C1. The molecule has 0 spiro atoms. The van der Waals surface area contributed by atoms with Crippen LogP contribution in [0.2, 0.25) is 0 Å². The lowest BCUT2D eigenvalue weighted by molar-refractivity contribution is 0.249. The van der Waals surface area contributed by atoms with E-state index in [9.17, 15) is 4.79 Å². The zero-order chi connectivity index (χ0) is 21.3. The number of carbonyl (C=O) groups excluding carboxylic acids is 1. The highest BCUT2D eigenvalue weighted by Crippen LogP contribution is 2.39. The van der Waals surface area contributed by atoms with Crippen LogP contribution in [0.5, 0.6) is 0 Å². The van der Waals surface area contributed by atoms with Gasteiger partial charge in [-0.3, -0.25) is 4.90 Å². The number of thiophene rings is 1. The first kappa shape index (κ1) is 20.7. The molecule has 5 nitrogen and oxygen atoms in total. The molecule has 0 saturated heterocycles. The van der Waals surface area contributed by atoms with E-state index in [1.54, 1.807) is 0 Å². The predicted octanol–water partition coefficient (Wildman–Crippen LogP) is 5.42. The monoisotopic (exact) mass is 422 g/mol. The standard InChI is InChI=1S/C24H30N4OS/c1-5-27-13-10-20-21(15-27)30-23(28-11-6-7-12-28)22(20)18(4)25-24(29)26-19-9-8-16(2)17(3)14-19/h6-9,11-12,14,18H,5,10,13,15H2,1-4H3,(H2,25,26,29). The lowest BCUT2D eigenvalue weighted by atomic mass is 9.98. The van der Waals surface area contributed by atoms with Crippen LogP contribution < -0.4 is 10.6 Å². The summed E-state index contributed by atoms with van der Waals surface area (Å²) in [4.78, 5) is 16.6. The van der Waals surface area contributed by atoms with Gasteiger partial charge in [-0.1, -0.05) is 13.0 Å². The van der Waals surface area contributed by atoms with E-state index in [-0.39, 0.29) is 12.1 Å². The van der Waals surface area contributed by atoms with Crippen molar-refractivity contribution >= 4 is 23.1 Å². The number of likely N-dealkylation sites (N-methyl/N-ethyl adjacent to an activating group) is 1. The van der Waals surface area contributed by atoms with Gasteiger partial charge in [0.1, 0.15) is 5.00 Å². The van der Waals surface area contributed by atoms with Crippen molar-refractivity contribution in [1.29, 1.82) is 0 Å². The number of anilines is 1. The van der Waals surface area contributed by atoms with E-state index in [1.165, 1.54) is 32.1 Å². The van der Waals surface area contributed by atoms with Crippen LogP contribution in [-0.4, -0.2) is 28.6 Å². The van der Waals surface area contributed by atoms with Gasteiger partial charge in [-0.25, -0.2) is 4.79 Å². The number of aromatic nitrogens is 1. The Hall–Kier alpha value is -2.57. The second-order valence-corrected chi connectivity index (χ2v) is 9.13. The highest BCUT2D eigenvalue weighted by Gasteiger charge is 2.27. The Labute approximate surface area is 182 Å². The number of benzene rings is 1. The molecule has 3 aromatic rings. The quantitative estimate of drug-likeness (QED) is 0.577. The molecule has 1 aliphatic heterocycles. The van der Waals surface area contributed by atoms with E-state index in [1.807, 2.05) is 41.7 Å². The Morgan fingerprint density at radius 3 is 2.67 bits per heavy atom. The molecule has 0 bridgehead atoms. The Balaban J connectivity index is 1.58. The molecule has 30 heavy (non-hydrogen) atoms. The van der Waals surface area contributed by atoms with Crippen molar-refractivity contribution in [2.24, 2.45) is 0 Å². The molecule has 2 aromatic heterocycles. The van der Waals surface area contributed by atoms with Gasteiger partial charge in [0.05, 0.1) is 6.04 Å². The van der Waals surface area contributed by atoms with Gasteiger partial charge in [-0.15, -0.1) is 11.3 Å². The number of carbonyl (C=O) groups is 1. The minimum atomic E-state index is -0.171. The summed E-state index contributed by atoms with van der Waals surface area (Å²) in [6.07, 6.45) is 5.20. The maximum atomic E-state index is 12.7. The summed E-state index contributed by atoms with van der Waals surface area (Å²) in [5.41, 5.74) is 5.86. The number of amides is 2. The molecule has 0 saturated carbocycles. The van der Waals surface area contributed by atoms with Gasteiger partial charge in [0.25, 0.3) is 0 Å². The number of hydrogen-bond donors (Lipinski definition) is 2. The topological polar surface area (TPSA) is 49.3 Å². The fraction of sp³-hybridized carbons (Fsp3) is 0.375. The molecule has 1 aliphatic rings. The summed E-state index contributed by atoms with van der Waals surface area (Å²) in [6.45, 7) is 11.6. The van der Waals surface area contributed by atoms with Gasteiger partial charge in [0.2, 0.25) is 0 Å². The minimum absolute atomic E-state index is 0.0814. The van der Waals surface area contributed by atoms with Gasteiger partial charge in [-0.2, -0.15) is 0 Å². The third-order valence-electron chi connectivity index (χ3n) is 5.99. The summed E-state index contributed by atoms with van der Waals surface area (Å²) in [7, 11) is 0. The molecular weight excluding hydrogens is 392 g/mol. The first-order chi connectivity index (χ1) is 14.5. The second-order valence-electron chi connectivity index (χ2n) is 8.05. The first-order valence-electron chi connectivity index (χ1n) is 10.6. The number of hydrogen-bond acceptors (Lipinski definition) is 3. The number of nitrogens with zero attached hydrogens (tertiary/aromatic N) is 2. The molecule has 0 fully saturated rings. The van der Waals surface area contributed by atoms with Crippen LogP contribution in [0, 0.1) is 13.8 Å². The number of urea groups is 1. The summed E-state index contributed by atoms with van der Waals surface area (Å²) >= 11 is 1.85. The van der Waals surface area contributed by atoms with E-state index in [0.717, 1.165) is 31.7 Å². The molecule has 0 aliphatic carbocycles. The number of rotatable bonds is 5. The van der Waals surface area contributed by atoms with E-state index in [0.29, 0.717) is 0 Å². The third-order valence-corrected chi connectivity index (χ3v) is 7.23. The number of aryl methyl sites for hydroxylation is 2. The smallest absolute Gasteiger partial charge is 0.319 e. The van der Waals surface area contributed by atoms with Crippen molar-refractivity contribution in [3.63, 3.8) is 0 Å². The molecule has 1 aromatic carbocycles. The average Bonchev–Trinajstić information content (AvgIpc) is 3.37. The van der Waals surface area contributed by atoms with Crippen LogP contribution >= 0.6 is 11.3 Å². The number of fused-ring (bicyclic) bond motifs is 1. The van der Waals surface area contributed by atoms with Crippen molar-refractivity contribution in [2.45, 2.75) is 46.7 Å². The molecule has 3 heterocycles. The predicted molar refractivity (Wildman–Crippen MR) is 125 cm³/mol. The fourth-order valence-corrected chi connectivity index (χ4v) is 5.55. The molecule has 2 N–H and O–H groups in total. The Morgan fingerprint density at radius 2 is 1.97 bits per heavy atom. The Bertz CT molecular complexity index is 1040. The van der Waals surface area contributed by atoms with E-state index in [4.69, 9.17) is 0 Å². The summed E-state index contributed by atoms with van der Waals surface area (Å²) in [5, 5.41) is 7.37. The van der Waals surface area contributed by atoms with Crippen molar-refractivity contribution in [1.82, 2.24) is 14.8 Å². The molecule has 2 amide bonds. The number of nitrogens with one attached hydrogen (secondary N) is 2. The van der Waals surface area contributed by atoms with Crippen LogP contribution in [-0.2, 0) is 13.0 Å². The molecule has 6 heteroatoms. The summed E-state index contributed by atoms with van der Waals surface area (Å²) < 4.78 is 2.17. The van der Waals surface area contributed by atoms with Crippen molar-refractivity contribution in [3.8, 4) is 5.00 Å². The average molecular weight is 423 g/mol. The summed E-state index contributed by atoms with van der Waals surface area (Å²) in [5.74, 6) is 0.